The number of carboxylic acid groups (broad SMARTS) is 1. The minimum atomic E-state index is -0.841. The van der Waals surface area contributed by atoms with Crippen LogP contribution in [-0.2, 0) is 4.79 Å². The average molecular weight is 303 g/mol. The van der Waals surface area contributed by atoms with Crippen LogP contribution in [0.3, 0.4) is 0 Å². The number of hydrazone groups is 1. The summed E-state index contributed by atoms with van der Waals surface area (Å²) in [6.07, 6.45) is 1.49. The number of hydrogen-bond donors (Lipinski definition) is 1. The van der Waals surface area contributed by atoms with Crippen LogP contribution in [0.15, 0.2) is 29.4 Å². The third kappa shape index (κ3) is 4.07. The van der Waals surface area contributed by atoms with Gasteiger partial charge in [0.2, 0.25) is 0 Å². The molecule has 22 heavy (non-hydrogen) atoms. The van der Waals surface area contributed by atoms with Crippen molar-refractivity contribution >= 4 is 23.3 Å². The van der Waals surface area contributed by atoms with Crippen LogP contribution in [0.1, 0.15) is 36.5 Å². The highest BCUT2D eigenvalue weighted by atomic mass is 16.4. The molecule has 0 saturated heterocycles. The summed E-state index contributed by atoms with van der Waals surface area (Å²) in [4.78, 5) is 24.3. The average Bonchev–Trinajstić information content (AvgIpc) is 2.93. The fraction of sp³-hybridized carbons (Fsp3) is 0.438. The molecule has 0 radical (unpaired) electrons. The molecule has 0 atom stereocenters. The van der Waals surface area contributed by atoms with Gasteiger partial charge in [0.05, 0.1) is 5.69 Å². The number of anilines is 1. The Morgan fingerprint density at radius 2 is 2.00 bits per heavy atom. The smallest absolute Gasteiger partial charge is 0.303 e. The number of carboxylic acids is 1. The van der Waals surface area contributed by atoms with Crippen LogP contribution in [0, 0.1) is 0 Å². The first-order valence-electron chi connectivity index (χ1n) is 7.36. The van der Waals surface area contributed by atoms with E-state index in [1.165, 1.54) is 0 Å². The Kier molecular flexibility index (Phi) is 5.14. The number of carbonyl (C=O) groups excluding carboxylic acids is 1. The second-order valence-electron chi connectivity index (χ2n) is 5.48. The molecule has 0 fully saturated rings. The molecular formula is C16H21N3O3. The zero-order chi connectivity index (χ0) is 16.1. The number of hydrogen-bond acceptors (Lipinski definition) is 4. The first-order chi connectivity index (χ1) is 10.5. The number of nitrogens with zero attached hydrogens (tertiary/aromatic N) is 3. The predicted octanol–water partition coefficient (Wildman–Crippen LogP) is 2.21. The summed E-state index contributed by atoms with van der Waals surface area (Å²) in [5, 5.41) is 15.0. The molecule has 0 saturated carbocycles. The molecule has 0 aromatic heterocycles. The van der Waals surface area contributed by atoms with E-state index in [1.807, 2.05) is 24.1 Å². The summed E-state index contributed by atoms with van der Waals surface area (Å²) in [5.41, 5.74) is 2.68. The minimum Gasteiger partial charge on any atom is -0.481 e. The molecule has 0 aliphatic carbocycles. The molecule has 1 aliphatic heterocycles. The molecule has 0 bridgehead atoms. The molecule has 6 heteroatoms. The third-order valence-electron chi connectivity index (χ3n) is 3.62. The summed E-state index contributed by atoms with van der Waals surface area (Å²) in [6, 6.07) is 7.35. The number of carbonyl (C=O) groups is 2. The van der Waals surface area contributed by atoms with E-state index in [2.05, 4.69) is 5.10 Å². The summed E-state index contributed by atoms with van der Waals surface area (Å²) >= 11 is 0. The van der Waals surface area contributed by atoms with E-state index in [0.717, 1.165) is 24.4 Å². The van der Waals surface area contributed by atoms with Crippen molar-refractivity contribution in [2.45, 2.75) is 26.2 Å². The maximum Gasteiger partial charge on any atom is 0.303 e. The zero-order valence-electron chi connectivity index (χ0n) is 13.0. The molecule has 1 heterocycles. The van der Waals surface area contributed by atoms with E-state index >= 15 is 0 Å². The third-order valence-corrected chi connectivity index (χ3v) is 3.62. The van der Waals surface area contributed by atoms with Crippen molar-refractivity contribution in [1.29, 1.82) is 0 Å². The van der Waals surface area contributed by atoms with Crippen molar-refractivity contribution in [3.8, 4) is 0 Å². The van der Waals surface area contributed by atoms with Gasteiger partial charge in [0.25, 0.3) is 5.91 Å². The monoisotopic (exact) mass is 303 g/mol. The Bertz CT molecular complexity index is 581. The summed E-state index contributed by atoms with van der Waals surface area (Å²) in [7, 11) is 1.69. The van der Waals surface area contributed by atoms with Crippen LogP contribution in [0.25, 0.3) is 0 Å². The SMILES string of the molecule is CC1=NN(c2ccc(C(=O)N(C)CCCC(=O)O)cc2)CC1. The van der Waals surface area contributed by atoms with Crippen molar-refractivity contribution in [2.24, 2.45) is 5.10 Å². The molecule has 118 valence electrons. The largest absolute Gasteiger partial charge is 0.481 e. The van der Waals surface area contributed by atoms with Crippen molar-refractivity contribution in [3.05, 3.63) is 29.8 Å². The lowest BCUT2D eigenvalue weighted by Crippen LogP contribution is -2.28. The normalized spacial score (nSPS) is 13.9. The van der Waals surface area contributed by atoms with Crippen LogP contribution in [0.2, 0.25) is 0 Å². The summed E-state index contributed by atoms with van der Waals surface area (Å²) in [5.74, 6) is -0.940. The Labute approximate surface area is 130 Å². The van der Waals surface area contributed by atoms with Gasteiger partial charge in [-0.25, -0.2) is 0 Å². The zero-order valence-corrected chi connectivity index (χ0v) is 13.0. The van der Waals surface area contributed by atoms with Gasteiger partial charge in [-0.05, 0) is 37.6 Å². The van der Waals surface area contributed by atoms with Gasteiger partial charge in [-0.15, -0.1) is 0 Å². The predicted molar refractivity (Wildman–Crippen MR) is 85.3 cm³/mol. The summed E-state index contributed by atoms with van der Waals surface area (Å²) in [6.45, 7) is 3.31. The molecular weight excluding hydrogens is 282 g/mol. The first-order valence-corrected chi connectivity index (χ1v) is 7.36. The maximum absolute atomic E-state index is 12.2. The van der Waals surface area contributed by atoms with Crippen LogP contribution >= 0.6 is 0 Å². The van der Waals surface area contributed by atoms with Crippen LogP contribution in [-0.4, -0.2) is 47.7 Å². The number of aliphatic carboxylic acids is 1. The number of benzene rings is 1. The Hall–Kier alpha value is -2.37. The molecule has 2 rings (SSSR count). The molecule has 1 aliphatic rings. The van der Waals surface area contributed by atoms with Gasteiger partial charge in [0.15, 0.2) is 0 Å². The number of rotatable bonds is 6. The molecule has 1 aromatic rings. The second kappa shape index (κ2) is 7.06. The van der Waals surface area contributed by atoms with E-state index in [0.29, 0.717) is 18.5 Å². The van der Waals surface area contributed by atoms with Gasteiger partial charge in [-0.1, -0.05) is 0 Å². The van der Waals surface area contributed by atoms with Crippen molar-refractivity contribution < 1.29 is 14.7 Å². The van der Waals surface area contributed by atoms with Gasteiger partial charge >= 0.3 is 5.97 Å². The molecule has 6 nitrogen and oxygen atoms in total. The van der Waals surface area contributed by atoms with E-state index in [1.54, 1.807) is 24.1 Å². The molecule has 1 N–H and O–H groups in total. The van der Waals surface area contributed by atoms with Crippen LogP contribution < -0.4 is 5.01 Å². The first kappa shape index (κ1) is 16.0. The fourth-order valence-corrected chi connectivity index (χ4v) is 2.33. The summed E-state index contributed by atoms with van der Waals surface area (Å²) < 4.78 is 0. The lowest BCUT2D eigenvalue weighted by atomic mass is 10.1. The van der Waals surface area contributed by atoms with E-state index in [9.17, 15) is 9.59 Å². The quantitative estimate of drug-likeness (QED) is 0.874. The van der Waals surface area contributed by atoms with Crippen LogP contribution in [0.4, 0.5) is 5.69 Å². The van der Waals surface area contributed by atoms with Crippen LogP contribution in [0.5, 0.6) is 0 Å². The minimum absolute atomic E-state index is 0.0723. The maximum atomic E-state index is 12.2. The Balaban J connectivity index is 1.94. The molecule has 0 unspecified atom stereocenters. The lowest BCUT2D eigenvalue weighted by molar-refractivity contribution is -0.137. The molecule has 1 aromatic carbocycles. The van der Waals surface area contributed by atoms with E-state index < -0.39 is 5.97 Å². The van der Waals surface area contributed by atoms with Gasteiger partial charge in [0, 0.05) is 44.3 Å². The van der Waals surface area contributed by atoms with Crippen molar-refractivity contribution in [3.63, 3.8) is 0 Å². The van der Waals surface area contributed by atoms with E-state index in [-0.39, 0.29) is 12.3 Å². The van der Waals surface area contributed by atoms with E-state index in [4.69, 9.17) is 5.11 Å². The highest BCUT2D eigenvalue weighted by Gasteiger charge is 2.15. The Morgan fingerprint density at radius 3 is 2.55 bits per heavy atom. The van der Waals surface area contributed by atoms with Gasteiger partial charge in [0.1, 0.15) is 0 Å². The second-order valence-corrected chi connectivity index (χ2v) is 5.48. The molecule has 1 amide bonds. The lowest BCUT2D eigenvalue weighted by Gasteiger charge is -2.18. The standard InChI is InChI=1S/C16H21N3O3/c1-12-9-11-19(17-12)14-7-5-13(6-8-14)16(22)18(2)10-3-4-15(20)21/h5-8H,3-4,9-11H2,1-2H3,(H,20,21). The van der Waals surface area contributed by atoms with Gasteiger partial charge in [-0.2, -0.15) is 5.10 Å². The molecule has 0 spiro atoms. The Morgan fingerprint density at radius 1 is 1.32 bits per heavy atom. The number of amides is 1. The van der Waals surface area contributed by atoms with Crippen molar-refractivity contribution in [2.75, 3.05) is 25.1 Å². The fourth-order valence-electron chi connectivity index (χ4n) is 2.33. The highest BCUT2D eigenvalue weighted by Crippen LogP contribution is 2.20. The van der Waals surface area contributed by atoms with Gasteiger partial charge in [-0.3, -0.25) is 14.6 Å². The topological polar surface area (TPSA) is 73.2 Å². The highest BCUT2D eigenvalue weighted by molar-refractivity contribution is 5.94. The van der Waals surface area contributed by atoms with Crippen molar-refractivity contribution in [1.82, 2.24) is 4.90 Å². The van der Waals surface area contributed by atoms with Gasteiger partial charge < -0.3 is 10.0 Å².